The molecule has 1 rings (SSSR count). The molecule has 0 saturated carbocycles. The molecule has 0 saturated heterocycles. The standard InChI is InChI=1S/C11H16O3S2/c1-14-8-5-9-15-10-6-3-4-7-11(10)16(2,12)13/h3-4,6-7H,5,8-9H2,1-2H3. The summed E-state index contributed by atoms with van der Waals surface area (Å²) in [6.45, 7) is 0.702. The van der Waals surface area contributed by atoms with Crippen molar-refractivity contribution in [1.29, 1.82) is 0 Å². The minimum Gasteiger partial charge on any atom is -0.385 e. The van der Waals surface area contributed by atoms with Gasteiger partial charge in [0.2, 0.25) is 0 Å². The first-order valence-corrected chi connectivity index (χ1v) is 7.84. The van der Waals surface area contributed by atoms with E-state index < -0.39 is 9.84 Å². The normalized spacial score (nSPS) is 11.6. The van der Waals surface area contributed by atoms with E-state index in [-0.39, 0.29) is 0 Å². The molecule has 90 valence electrons. The van der Waals surface area contributed by atoms with Crippen LogP contribution in [0.15, 0.2) is 34.1 Å². The molecule has 0 aliphatic heterocycles. The van der Waals surface area contributed by atoms with Crippen molar-refractivity contribution in [2.45, 2.75) is 16.2 Å². The number of sulfone groups is 1. The highest BCUT2D eigenvalue weighted by Crippen LogP contribution is 2.26. The van der Waals surface area contributed by atoms with Crippen LogP contribution in [0.25, 0.3) is 0 Å². The number of hydrogen-bond acceptors (Lipinski definition) is 4. The fourth-order valence-electron chi connectivity index (χ4n) is 1.26. The minimum absolute atomic E-state index is 0.414. The molecule has 1 aromatic rings. The van der Waals surface area contributed by atoms with Crippen LogP contribution in [-0.4, -0.2) is 34.1 Å². The quantitative estimate of drug-likeness (QED) is 0.581. The van der Waals surface area contributed by atoms with Crippen molar-refractivity contribution in [3.05, 3.63) is 24.3 Å². The average Bonchev–Trinajstić information content (AvgIpc) is 2.24. The average molecular weight is 260 g/mol. The van der Waals surface area contributed by atoms with Crippen molar-refractivity contribution in [2.75, 3.05) is 25.7 Å². The Morgan fingerprint density at radius 1 is 1.31 bits per heavy atom. The molecule has 0 aliphatic carbocycles. The van der Waals surface area contributed by atoms with Crippen LogP contribution in [-0.2, 0) is 14.6 Å². The largest absolute Gasteiger partial charge is 0.385 e. The van der Waals surface area contributed by atoms with Crippen LogP contribution in [0.1, 0.15) is 6.42 Å². The molecule has 0 aliphatic rings. The number of rotatable bonds is 6. The van der Waals surface area contributed by atoms with E-state index >= 15 is 0 Å². The molecule has 0 amide bonds. The van der Waals surface area contributed by atoms with Gasteiger partial charge < -0.3 is 4.74 Å². The lowest BCUT2D eigenvalue weighted by Gasteiger charge is -2.06. The molecule has 0 fully saturated rings. The topological polar surface area (TPSA) is 43.4 Å². The SMILES string of the molecule is COCCCSc1ccccc1S(C)(=O)=O. The summed E-state index contributed by atoms with van der Waals surface area (Å²) < 4.78 is 28.0. The third kappa shape index (κ3) is 4.15. The van der Waals surface area contributed by atoms with Gasteiger partial charge in [-0.25, -0.2) is 8.42 Å². The van der Waals surface area contributed by atoms with Gasteiger partial charge >= 0.3 is 0 Å². The molecule has 0 heterocycles. The molecule has 0 aromatic heterocycles. The van der Waals surface area contributed by atoms with Crippen molar-refractivity contribution >= 4 is 21.6 Å². The van der Waals surface area contributed by atoms with E-state index in [2.05, 4.69) is 0 Å². The van der Waals surface area contributed by atoms with E-state index in [9.17, 15) is 8.42 Å². The Balaban J connectivity index is 2.73. The summed E-state index contributed by atoms with van der Waals surface area (Å²) in [6.07, 6.45) is 2.15. The monoisotopic (exact) mass is 260 g/mol. The second kappa shape index (κ2) is 6.27. The molecular formula is C11H16O3S2. The first-order chi connectivity index (χ1) is 7.55. The van der Waals surface area contributed by atoms with Crippen LogP contribution < -0.4 is 0 Å². The molecule has 3 nitrogen and oxygen atoms in total. The summed E-state index contributed by atoms with van der Waals surface area (Å²) in [5.41, 5.74) is 0. The molecule has 16 heavy (non-hydrogen) atoms. The van der Waals surface area contributed by atoms with Crippen LogP contribution in [0, 0.1) is 0 Å². The zero-order valence-electron chi connectivity index (χ0n) is 9.47. The number of ether oxygens (including phenoxy) is 1. The van der Waals surface area contributed by atoms with E-state index in [1.807, 2.05) is 12.1 Å². The Kier molecular flexibility index (Phi) is 5.31. The van der Waals surface area contributed by atoms with Gasteiger partial charge in [-0.2, -0.15) is 0 Å². The second-order valence-corrected chi connectivity index (χ2v) is 6.53. The van der Waals surface area contributed by atoms with Crippen molar-refractivity contribution in [3.8, 4) is 0 Å². The molecule has 0 bridgehead atoms. The smallest absolute Gasteiger partial charge is 0.176 e. The van der Waals surface area contributed by atoms with Crippen LogP contribution in [0.3, 0.4) is 0 Å². The highest BCUT2D eigenvalue weighted by molar-refractivity contribution is 8.00. The van der Waals surface area contributed by atoms with E-state index in [0.29, 0.717) is 11.5 Å². The Bertz CT molecular complexity index is 427. The van der Waals surface area contributed by atoms with E-state index in [1.165, 1.54) is 6.26 Å². The maximum absolute atomic E-state index is 11.5. The highest BCUT2D eigenvalue weighted by Gasteiger charge is 2.12. The third-order valence-electron chi connectivity index (χ3n) is 2.00. The lowest BCUT2D eigenvalue weighted by molar-refractivity contribution is 0.200. The van der Waals surface area contributed by atoms with Crippen molar-refractivity contribution in [3.63, 3.8) is 0 Å². The van der Waals surface area contributed by atoms with Crippen LogP contribution in [0.4, 0.5) is 0 Å². The van der Waals surface area contributed by atoms with E-state index in [4.69, 9.17) is 4.74 Å². The lowest BCUT2D eigenvalue weighted by Crippen LogP contribution is -1.99. The maximum atomic E-state index is 11.5. The van der Waals surface area contributed by atoms with E-state index in [1.54, 1.807) is 31.0 Å². The summed E-state index contributed by atoms with van der Waals surface area (Å²) in [4.78, 5) is 1.23. The van der Waals surface area contributed by atoms with Crippen molar-refractivity contribution in [1.82, 2.24) is 0 Å². The Labute approximate surface area is 101 Å². The predicted molar refractivity (Wildman–Crippen MR) is 66.8 cm³/mol. The van der Waals surface area contributed by atoms with Gasteiger partial charge in [-0.05, 0) is 18.6 Å². The summed E-state index contributed by atoms with van der Waals surface area (Å²) in [5, 5.41) is 0. The summed E-state index contributed by atoms with van der Waals surface area (Å²) >= 11 is 1.55. The van der Waals surface area contributed by atoms with Gasteiger partial charge in [0.25, 0.3) is 0 Å². The van der Waals surface area contributed by atoms with Crippen LogP contribution in [0.5, 0.6) is 0 Å². The number of benzene rings is 1. The molecule has 0 atom stereocenters. The molecule has 0 unspecified atom stereocenters. The molecule has 5 heteroatoms. The van der Waals surface area contributed by atoms with Gasteiger partial charge in [0.05, 0.1) is 4.90 Å². The van der Waals surface area contributed by atoms with Crippen LogP contribution >= 0.6 is 11.8 Å². The lowest BCUT2D eigenvalue weighted by atomic mass is 10.4. The zero-order chi connectivity index (χ0) is 12.0. The number of hydrogen-bond donors (Lipinski definition) is 0. The molecule has 0 N–H and O–H groups in total. The minimum atomic E-state index is -3.13. The fraction of sp³-hybridized carbons (Fsp3) is 0.455. The summed E-state index contributed by atoms with van der Waals surface area (Å²) in [5.74, 6) is 0.861. The van der Waals surface area contributed by atoms with Gasteiger partial charge in [-0.3, -0.25) is 0 Å². The molecule has 0 spiro atoms. The predicted octanol–water partition coefficient (Wildman–Crippen LogP) is 2.22. The summed E-state index contributed by atoms with van der Waals surface area (Å²) in [7, 11) is -1.47. The van der Waals surface area contributed by atoms with Gasteiger partial charge in [0, 0.05) is 30.6 Å². The van der Waals surface area contributed by atoms with E-state index in [0.717, 1.165) is 17.1 Å². The Morgan fingerprint density at radius 2 is 2.00 bits per heavy atom. The summed E-state index contributed by atoms with van der Waals surface area (Å²) in [6, 6.07) is 7.09. The highest BCUT2D eigenvalue weighted by atomic mass is 32.2. The van der Waals surface area contributed by atoms with Gasteiger partial charge in [-0.1, -0.05) is 12.1 Å². The van der Waals surface area contributed by atoms with Gasteiger partial charge in [0.15, 0.2) is 9.84 Å². The molecule has 0 radical (unpaired) electrons. The third-order valence-corrected chi connectivity index (χ3v) is 4.44. The zero-order valence-corrected chi connectivity index (χ0v) is 11.1. The first-order valence-electron chi connectivity index (χ1n) is 4.96. The van der Waals surface area contributed by atoms with Crippen molar-refractivity contribution < 1.29 is 13.2 Å². The van der Waals surface area contributed by atoms with Crippen LogP contribution in [0.2, 0.25) is 0 Å². The Hall–Kier alpha value is -0.520. The molecule has 1 aromatic carbocycles. The molecular weight excluding hydrogens is 244 g/mol. The maximum Gasteiger partial charge on any atom is 0.176 e. The second-order valence-electron chi connectivity index (χ2n) is 3.41. The van der Waals surface area contributed by atoms with Crippen molar-refractivity contribution in [2.24, 2.45) is 0 Å². The fourth-order valence-corrected chi connectivity index (χ4v) is 3.52. The Morgan fingerprint density at radius 3 is 2.62 bits per heavy atom. The number of methoxy groups -OCH3 is 1. The first kappa shape index (κ1) is 13.5. The van der Waals surface area contributed by atoms with Gasteiger partial charge in [-0.15, -0.1) is 11.8 Å². The van der Waals surface area contributed by atoms with Gasteiger partial charge in [0.1, 0.15) is 0 Å². The number of thioether (sulfide) groups is 1.